The molecule has 0 amide bonds. The molecule has 17 atom stereocenters. The van der Waals surface area contributed by atoms with Crippen LogP contribution in [-0.4, -0.2) is 118 Å². The molecule has 0 aromatic rings. The lowest BCUT2D eigenvalue weighted by molar-refractivity contribution is -0.356. The van der Waals surface area contributed by atoms with E-state index in [1.54, 1.807) is 6.92 Å². The van der Waals surface area contributed by atoms with Crippen LogP contribution >= 0.6 is 0 Å². The second-order valence-corrected chi connectivity index (χ2v) is 18.4. The molecule has 0 aliphatic carbocycles. The maximum Gasteiger partial charge on any atom is 0.110 e. The average molecular weight is 741 g/mol. The number of allylic oxidation sites excluding steroid dienone is 4. The number of rotatable bonds is 7. The molecule has 0 aromatic heterocycles. The number of aliphatic hydroxyl groups excluding tert-OH is 1. The van der Waals surface area contributed by atoms with Crippen molar-refractivity contribution in [3.05, 3.63) is 49.1 Å². The molecule has 0 radical (unpaired) electrons. The summed E-state index contributed by atoms with van der Waals surface area (Å²) in [6.07, 6.45) is 21.5. The Kier molecular flexibility index (Phi) is 10.5. The average Bonchev–Trinajstić information content (AvgIpc) is 3.30. The van der Waals surface area contributed by atoms with Gasteiger partial charge in [0.2, 0.25) is 0 Å². The maximum absolute atomic E-state index is 11.3. The van der Waals surface area contributed by atoms with Gasteiger partial charge in [0.1, 0.15) is 17.8 Å². The van der Waals surface area contributed by atoms with Crippen LogP contribution in [0, 0.1) is 0 Å². The van der Waals surface area contributed by atoms with Gasteiger partial charge in [-0.3, -0.25) is 0 Å². The molecule has 17 unspecified atom stereocenters. The minimum Gasteiger partial charge on any atom is -0.396 e. The molecule has 0 bridgehead atoms. The number of hydrogen-bond acceptors (Lipinski definition) is 10. The molecule has 53 heavy (non-hydrogen) atoms. The molecule has 0 spiro atoms. The van der Waals surface area contributed by atoms with Crippen molar-refractivity contribution in [1.29, 1.82) is 0 Å². The quantitative estimate of drug-likeness (QED) is 0.239. The summed E-state index contributed by atoms with van der Waals surface area (Å²) >= 11 is 0. The van der Waals surface area contributed by atoms with E-state index < -0.39 is 28.5 Å². The second kappa shape index (κ2) is 14.5. The largest absolute Gasteiger partial charge is 0.396 e. The van der Waals surface area contributed by atoms with Crippen LogP contribution in [0.15, 0.2) is 49.1 Å². The first-order valence-electron chi connectivity index (χ1n) is 20.5. The molecule has 7 fully saturated rings. The molecule has 0 aromatic carbocycles. The van der Waals surface area contributed by atoms with E-state index in [2.05, 4.69) is 34.3 Å². The molecule has 8 heterocycles. The molecular weight excluding hydrogens is 676 g/mol. The van der Waals surface area contributed by atoms with Gasteiger partial charge in [0.15, 0.2) is 0 Å². The van der Waals surface area contributed by atoms with E-state index >= 15 is 0 Å². The van der Waals surface area contributed by atoms with Gasteiger partial charge in [0.05, 0.1) is 83.4 Å². The Balaban J connectivity index is 0.944. The standard InChI is InChI=1S/C43H64O10/c1-7-8-9-10-11-14-34-39(2,45)19-18-29-31(48-34)23-36-43(6,51-29)26-42(5)35(50-36)16-15-28-32(52-42)22-30-33(47-28)25-41(4)38(49-30)24-37-40(3,53-41)20-17-27(46-37)13-12-21-44/h7,9-11,14,18-19,27-38,44-45H,1,8,12-13,15-17,20-26H2,2-6H3/b10-9-,14-11-. The first kappa shape index (κ1) is 38.4. The van der Waals surface area contributed by atoms with E-state index in [0.717, 1.165) is 64.2 Å². The van der Waals surface area contributed by atoms with Gasteiger partial charge in [0, 0.05) is 38.7 Å². The van der Waals surface area contributed by atoms with Crippen LogP contribution < -0.4 is 0 Å². The van der Waals surface area contributed by atoms with E-state index in [1.165, 1.54) is 0 Å². The Morgan fingerprint density at radius 3 is 2.34 bits per heavy atom. The third-order valence-electron chi connectivity index (χ3n) is 14.0. The highest BCUT2D eigenvalue weighted by Gasteiger charge is 2.63. The normalized spacial score (nSPS) is 53.6. The molecular formula is C43H64O10. The number of ether oxygens (including phenoxy) is 8. The Bertz CT molecular complexity index is 1430. The fraction of sp³-hybridized carbons (Fsp3) is 0.814. The summed E-state index contributed by atoms with van der Waals surface area (Å²) in [5.41, 5.74) is -3.16. The van der Waals surface area contributed by atoms with Gasteiger partial charge in [-0.15, -0.1) is 6.58 Å². The minimum absolute atomic E-state index is 0.0319. The van der Waals surface area contributed by atoms with Crippen LogP contribution in [0.2, 0.25) is 0 Å². The van der Waals surface area contributed by atoms with Gasteiger partial charge >= 0.3 is 0 Å². The Hall–Kier alpha value is -1.44. The minimum atomic E-state index is -1.18. The van der Waals surface area contributed by atoms with Crippen molar-refractivity contribution in [3.8, 4) is 0 Å². The van der Waals surface area contributed by atoms with Crippen molar-refractivity contribution >= 4 is 0 Å². The lowest BCUT2D eigenvalue weighted by atomic mass is 9.73. The topological polar surface area (TPSA) is 114 Å². The summed E-state index contributed by atoms with van der Waals surface area (Å²) in [5.74, 6) is 0. The third kappa shape index (κ3) is 7.33. The molecule has 10 nitrogen and oxygen atoms in total. The highest BCUT2D eigenvalue weighted by Crippen LogP contribution is 2.54. The van der Waals surface area contributed by atoms with E-state index in [0.29, 0.717) is 12.8 Å². The molecule has 8 aliphatic heterocycles. The van der Waals surface area contributed by atoms with Crippen LogP contribution in [0.4, 0.5) is 0 Å². The first-order chi connectivity index (χ1) is 25.2. The van der Waals surface area contributed by atoms with E-state index in [9.17, 15) is 10.2 Å². The summed E-state index contributed by atoms with van der Waals surface area (Å²) < 4.78 is 55.2. The Morgan fingerprint density at radius 1 is 0.736 bits per heavy atom. The summed E-state index contributed by atoms with van der Waals surface area (Å²) in [7, 11) is 0. The van der Waals surface area contributed by atoms with E-state index in [4.69, 9.17) is 37.9 Å². The van der Waals surface area contributed by atoms with E-state index in [-0.39, 0.29) is 79.4 Å². The number of aliphatic hydroxyl groups is 2. The lowest BCUT2D eigenvalue weighted by Gasteiger charge is -2.60. The van der Waals surface area contributed by atoms with Crippen molar-refractivity contribution in [2.24, 2.45) is 0 Å². The fourth-order valence-corrected chi connectivity index (χ4v) is 11.0. The molecule has 296 valence electrons. The summed E-state index contributed by atoms with van der Waals surface area (Å²) in [5, 5.41) is 20.7. The zero-order valence-electron chi connectivity index (χ0n) is 32.5. The van der Waals surface area contributed by atoms with Crippen molar-refractivity contribution in [1.82, 2.24) is 0 Å². The zero-order valence-corrected chi connectivity index (χ0v) is 32.5. The Morgan fingerprint density at radius 2 is 1.53 bits per heavy atom. The van der Waals surface area contributed by atoms with Crippen molar-refractivity contribution < 1.29 is 48.1 Å². The lowest BCUT2D eigenvalue weighted by Crippen LogP contribution is -2.69. The van der Waals surface area contributed by atoms with Gasteiger partial charge in [-0.05, 0) is 79.6 Å². The van der Waals surface area contributed by atoms with Crippen molar-refractivity contribution in [2.75, 3.05) is 6.61 Å². The van der Waals surface area contributed by atoms with Gasteiger partial charge in [-0.1, -0.05) is 42.5 Å². The van der Waals surface area contributed by atoms with Gasteiger partial charge < -0.3 is 48.1 Å². The smallest absolute Gasteiger partial charge is 0.110 e. The predicted octanol–water partition coefficient (Wildman–Crippen LogP) is 5.97. The molecule has 10 heteroatoms. The van der Waals surface area contributed by atoms with Gasteiger partial charge in [-0.25, -0.2) is 0 Å². The molecule has 2 N–H and O–H groups in total. The zero-order chi connectivity index (χ0) is 37.2. The SMILES string of the molecule is C=CC/C=C\C=C/C1OC2CC3OC4CCC5OC6CC7(C)OC8(C)CCC(CCCO)OC8CC7OC6CC5OC4(C)CC3(C)OC2C=CC1(C)O. The Labute approximate surface area is 316 Å². The first-order valence-corrected chi connectivity index (χ1v) is 20.5. The summed E-state index contributed by atoms with van der Waals surface area (Å²) in [6.45, 7) is 14.5. The van der Waals surface area contributed by atoms with Crippen LogP contribution in [0.5, 0.6) is 0 Å². The van der Waals surface area contributed by atoms with Crippen molar-refractivity contribution in [2.45, 2.75) is 213 Å². The highest BCUT2D eigenvalue weighted by molar-refractivity contribution is 5.20. The monoisotopic (exact) mass is 740 g/mol. The maximum atomic E-state index is 11.3. The number of fused-ring (bicyclic) bond motifs is 7. The van der Waals surface area contributed by atoms with Crippen LogP contribution in [0.1, 0.15) is 112 Å². The molecule has 7 saturated heterocycles. The van der Waals surface area contributed by atoms with Crippen molar-refractivity contribution in [3.63, 3.8) is 0 Å². The summed E-state index contributed by atoms with van der Waals surface area (Å²) in [6, 6.07) is 0. The highest BCUT2D eigenvalue weighted by atomic mass is 16.6. The van der Waals surface area contributed by atoms with Gasteiger partial charge in [-0.2, -0.15) is 0 Å². The molecule has 8 rings (SSSR count). The summed E-state index contributed by atoms with van der Waals surface area (Å²) in [4.78, 5) is 0. The van der Waals surface area contributed by atoms with Crippen LogP contribution in [0.25, 0.3) is 0 Å². The second-order valence-electron chi connectivity index (χ2n) is 18.4. The fourth-order valence-electron chi connectivity index (χ4n) is 11.0. The third-order valence-corrected chi connectivity index (χ3v) is 14.0. The number of hydrogen-bond donors (Lipinski definition) is 2. The van der Waals surface area contributed by atoms with Gasteiger partial charge in [0.25, 0.3) is 0 Å². The van der Waals surface area contributed by atoms with E-state index in [1.807, 2.05) is 42.5 Å². The van der Waals surface area contributed by atoms with Crippen LogP contribution in [-0.2, 0) is 37.9 Å². The predicted molar refractivity (Wildman–Crippen MR) is 198 cm³/mol. The van der Waals surface area contributed by atoms with Crippen LogP contribution in [0.3, 0.4) is 0 Å². The molecule has 8 aliphatic rings. The molecule has 0 saturated carbocycles.